The Morgan fingerprint density at radius 1 is 1.56 bits per heavy atom. The minimum Gasteiger partial charge on any atom is -0.350 e. The second-order valence-corrected chi connectivity index (χ2v) is 5.48. The summed E-state index contributed by atoms with van der Waals surface area (Å²) in [6.45, 7) is 12.4. The largest absolute Gasteiger partial charge is 0.350 e. The minimum absolute atomic E-state index is 0.699. The highest BCUT2D eigenvalue weighted by Gasteiger charge is 2.25. The normalized spacial score (nSPS) is 14.9. The Balaban J connectivity index is 2.24. The van der Waals surface area contributed by atoms with Crippen LogP contribution in [-0.2, 0) is 6.42 Å². The van der Waals surface area contributed by atoms with Gasteiger partial charge in [-0.15, -0.1) is 11.3 Å². The van der Waals surface area contributed by atoms with Crippen LogP contribution in [0.4, 0.5) is 5.00 Å². The van der Waals surface area contributed by atoms with Crippen molar-refractivity contribution in [1.29, 1.82) is 0 Å². The van der Waals surface area contributed by atoms with Gasteiger partial charge in [0.1, 0.15) is 5.00 Å². The molecule has 1 aliphatic rings. The zero-order valence-electron chi connectivity index (χ0n) is 10.1. The van der Waals surface area contributed by atoms with Gasteiger partial charge in [0.05, 0.1) is 0 Å². The van der Waals surface area contributed by atoms with Crippen LogP contribution in [0.25, 0.3) is 6.08 Å². The van der Waals surface area contributed by atoms with Gasteiger partial charge in [-0.25, -0.2) is 0 Å². The molecule has 1 fully saturated rings. The van der Waals surface area contributed by atoms with Gasteiger partial charge in [0.25, 0.3) is 0 Å². The first kappa shape index (κ1) is 11.5. The molecule has 1 N–H and O–H groups in total. The van der Waals surface area contributed by atoms with Crippen LogP contribution < -0.4 is 5.32 Å². The first-order valence-corrected chi connectivity index (χ1v) is 6.69. The summed E-state index contributed by atoms with van der Waals surface area (Å²) in [4.78, 5) is 1.45. The molecule has 0 aromatic carbocycles. The third-order valence-corrected chi connectivity index (χ3v) is 4.53. The van der Waals surface area contributed by atoms with Gasteiger partial charge in [-0.05, 0) is 37.7 Å². The van der Waals surface area contributed by atoms with E-state index in [1.165, 1.54) is 39.5 Å². The third-order valence-electron chi connectivity index (χ3n) is 3.16. The lowest BCUT2D eigenvalue weighted by molar-refractivity contribution is 1.02. The maximum Gasteiger partial charge on any atom is 0.100 e. The van der Waals surface area contributed by atoms with Gasteiger partial charge >= 0.3 is 0 Å². The van der Waals surface area contributed by atoms with Crippen LogP contribution in [-0.4, -0.2) is 0 Å². The predicted octanol–water partition coefficient (Wildman–Crippen LogP) is 4.60. The Bertz CT molecular complexity index is 424. The molecule has 86 valence electrons. The second-order valence-electron chi connectivity index (χ2n) is 4.38. The van der Waals surface area contributed by atoms with Crippen molar-refractivity contribution in [2.45, 2.75) is 33.1 Å². The van der Waals surface area contributed by atoms with Gasteiger partial charge in [-0.3, -0.25) is 0 Å². The summed E-state index contributed by atoms with van der Waals surface area (Å²) in [5.41, 5.74) is 3.80. The molecular weight excluding hydrogens is 214 g/mol. The summed E-state index contributed by atoms with van der Waals surface area (Å²) in [6, 6.07) is 0. The van der Waals surface area contributed by atoms with E-state index in [9.17, 15) is 0 Å². The zero-order valence-corrected chi connectivity index (χ0v) is 10.9. The first-order valence-electron chi connectivity index (χ1n) is 5.87. The quantitative estimate of drug-likeness (QED) is 0.784. The van der Waals surface area contributed by atoms with E-state index < -0.39 is 0 Å². The van der Waals surface area contributed by atoms with Gasteiger partial charge in [0.15, 0.2) is 0 Å². The van der Waals surface area contributed by atoms with Crippen LogP contribution in [0.5, 0.6) is 0 Å². The van der Waals surface area contributed by atoms with E-state index in [0.29, 0.717) is 5.92 Å². The molecule has 1 aliphatic carbocycles. The third kappa shape index (κ3) is 2.07. The lowest BCUT2D eigenvalue weighted by Crippen LogP contribution is -1.98. The average Bonchev–Trinajstić information content (AvgIpc) is 3.05. The van der Waals surface area contributed by atoms with Crippen molar-refractivity contribution in [1.82, 2.24) is 0 Å². The number of allylic oxidation sites excluding steroid dienone is 1. The highest BCUT2D eigenvalue weighted by Crippen LogP contribution is 2.40. The molecule has 0 radical (unpaired) electrons. The number of rotatable bonds is 5. The molecule has 0 spiro atoms. The van der Waals surface area contributed by atoms with E-state index >= 15 is 0 Å². The summed E-state index contributed by atoms with van der Waals surface area (Å²) < 4.78 is 0. The monoisotopic (exact) mass is 233 g/mol. The van der Waals surface area contributed by atoms with Crippen LogP contribution in [0.3, 0.4) is 0 Å². The molecule has 0 aliphatic heterocycles. The SMILES string of the molecule is C=Cc1c(NC(=C)C2CC2)sc(CC)c1C. The smallest absolute Gasteiger partial charge is 0.100 e. The van der Waals surface area contributed by atoms with E-state index in [0.717, 1.165) is 6.42 Å². The summed E-state index contributed by atoms with van der Waals surface area (Å²) in [6.07, 6.45) is 5.63. The lowest BCUT2D eigenvalue weighted by atomic mass is 10.1. The number of anilines is 1. The van der Waals surface area contributed by atoms with E-state index in [4.69, 9.17) is 0 Å². The zero-order chi connectivity index (χ0) is 11.7. The molecule has 16 heavy (non-hydrogen) atoms. The molecule has 1 aromatic heterocycles. The van der Waals surface area contributed by atoms with Crippen LogP contribution in [0.2, 0.25) is 0 Å². The summed E-state index contributed by atoms with van der Waals surface area (Å²) in [5, 5.41) is 4.70. The van der Waals surface area contributed by atoms with Crippen molar-refractivity contribution in [2.24, 2.45) is 5.92 Å². The fourth-order valence-electron chi connectivity index (χ4n) is 1.93. The second kappa shape index (κ2) is 4.46. The Kier molecular flexibility index (Phi) is 3.20. The van der Waals surface area contributed by atoms with Crippen molar-refractivity contribution in [3.05, 3.63) is 34.9 Å². The number of thiophene rings is 1. The Morgan fingerprint density at radius 2 is 2.25 bits per heavy atom. The highest BCUT2D eigenvalue weighted by atomic mass is 32.1. The number of aryl methyl sites for hydroxylation is 1. The molecule has 1 aromatic rings. The fraction of sp³-hybridized carbons (Fsp3) is 0.429. The molecular formula is C14H19NS. The predicted molar refractivity (Wildman–Crippen MR) is 74.0 cm³/mol. The van der Waals surface area contributed by atoms with Gasteiger partial charge < -0.3 is 5.32 Å². The van der Waals surface area contributed by atoms with Crippen LogP contribution in [0, 0.1) is 12.8 Å². The molecule has 0 atom stereocenters. The van der Waals surface area contributed by atoms with Crippen molar-refractivity contribution < 1.29 is 0 Å². The molecule has 2 rings (SSSR count). The summed E-state index contributed by atoms with van der Waals surface area (Å²) in [7, 11) is 0. The van der Waals surface area contributed by atoms with Crippen molar-refractivity contribution >= 4 is 22.4 Å². The van der Waals surface area contributed by atoms with E-state index in [-0.39, 0.29) is 0 Å². The minimum atomic E-state index is 0.699. The Labute approximate surface area is 102 Å². The highest BCUT2D eigenvalue weighted by molar-refractivity contribution is 7.16. The standard InChI is InChI=1S/C14H19NS/c1-5-12-9(3)13(6-2)16-14(12)15-10(4)11-7-8-11/h5,11,15H,1,4,6-8H2,2-3H3. The van der Waals surface area contributed by atoms with Crippen molar-refractivity contribution in [2.75, 3.05) is 5.32 Å². The number of hydrogen-bond donors (Lipinski definition) is 1. The number of hydrogen-bond acceptors (Lipinski definition) is 2. The maximum absolute atomic E-state index is 4.11. The molecule has 0 unspecified atom stereocenters. The molecule has 1 heterocycles. The molecule has 1 nitrogen and oxygen atoms in total. The first-order chi connectivity index (χ1) is 7.67. The van der Waals surface area contributed by atoms with E-state index in [1.807, 2.05) is 17.4 Å². The van der Waals surface area contributed by atoms with Gasteiger partial charge in [0.2, 0.25) is 0 Å². The molecule has 2 heteroatoms. The van der Waals surface area contributed by atoms with Gasteiger partial charge in [-0.1, -0.05) is 26.2 Å². The molecule has 0 bridgehead atoms. The van der Waals surface area contributed by atoms with Crippen molar-refractivity contribution in [3.63, 3.8) is 0 Å². The lowest BCUT2D eigenvalue weighted by Gasteiger charge is -2.07. The summed E-state index contributed by atoms with van der Waals surface area (Å²) >= 11 is 1.84. The topological polar surface area (TPSA) is 12.0 Å². The Morgan fingerprint density at radius 3 is 2.75 bits per heavy atom. The number of nitrogens with one attached hydrogen (secondary N) is 1. The molecule has 0 amide bonds. The molecule has 0 saturated heterocycles. The van der Waals surface area contributed by atoms with Gasteiger partial charge in [-0.2, -0.15) is 0 Å². The van der Waals surface area contributed by atoms with Crippen LogP contribution >= 0.6 is 11.3 Å². The average molecular weight is 233 g/mol. The van der Waals surface area contributed by atoms with Crippen LogP contribution in [0.15, 0.2) is 18.9 Å². The van der Waals surface area contributed by atoms with Crippen LogP contribution in [0.1, 0.15) is 35.8 Å². The van der Waals surface area contributed by atoms with Crippen molar-refractivity contribution in [3.8, 4) is 0 Å². The van der Waals surface area contributed by atoms with E-state index in [2.05, 4.69) is 32.3 Å². The maximum atomic E-state index is 4.11. The summed E-state index contributed by atoms with van der Waals surface area (Å²) in [5.74, 6) is 0.699. The molecule has 1 saturated carbocycles. The fourth-order valence-corrected chi connectivity index (χ4v) is 3.11. The Hall–Kier alpha value is -1.02. The van der Waals surface area contributed by atoms with E-state index in [1.54, 1.807) is 0 Å². The van der Waals surface area contributed by atoms with Gasteiger partial charge in [0, 0.05) is 16.1 Å².